The number of imidazole rings is 1. The first-order valence-corrected chi connectivity index (χ1v) is 11.2. The van der Waals surface area contributed by atoms with E-state index in [4.69, 9.17) is 9.72 Å². The molecule has 0 aliphatic rings. The molecule has 0 spiro atoms. The predicted octanol–water partition coefficient (Wildman–Crippen LogP) is 4.36. The lowest BCUT2D eigenvalue weighted by molar-refractivity contribution is 0.101. The third kappa shape index (κ3) is 4.33. The zero-order chi connectivity index (χ0) is 24.5. The van der Waals surface area contributed by atoms with Gasteiger partial charge < -0.3 is 10.1 Å². The first-order chi connectivity index (χ1) is 16.9. The number of carbonyl (C=O) groups is 1. The van der Waals surface area contributed by atoms with Crippen molar-refractivity contribution in [2.45, 2.75) is 27.7 Å². The standard InChI is InChI=1S/C25H24N8O2/c1-5-35-24-12-16(3)33(31-24)25-19(17(4)34)8-11-23(28-25)32-14-26-20-13-18(7-9-21(20)32)27-22-10-6-15(2)29-30-22/h6-14H,5H2,1-4H3,(H,27,30). The molecule has 0 radical (unpaired) electrons. The summed E-state index contributed by atoms with van der Waals surface area (Å²) in [4.78, 5) is 21.7. The van der Waals surface area contributed by atoms with Gasteiger partial charge in [0.05, 0.1) is 28.9 Å². The lowest BCUT2D eigenvalue weighted by atomic mass is 10.2. The van der Waals surface area contributed by atoms with Gasteiger partial charge in [-0.25, -0.2) is 14.6 Å². The van der Waals surface area contributed by atoms with E-state index in [-0.39, 0.29) is 5.78 Å². The Hall–Kier alpha value is -4.60. The molecule has 10 heteroatoms. The molecule has 1 aromatic carbocycles. The van der Waals surface area contributed by atoms with Crippen molar-refractivity contribution < 1.29 is 9.53 Å². The van der Waals surface area contributed by atoms with Gasteiger partial charge in [-0.1, -0.05) is 0 Å². The van der Waals surface area contributed by atoms with Crippen LogP contribution in [-0.2, 0) is 0 Å². The number of Topliss-reactive ketones (excluding diaryl/α,β-unsaturated/α-hetero) is 1. The van der Waals surface area contributed by atoms with E-state index in [1.165, 1.54) is 6.92 Å². The minimum atomic E-state index is -0.0997. The number of nitrogens with zero attached hydrogens (tertiary/aromatic N) is 7. The molecule has 0 saturated carbocycles. The third-order valence-electron chi connectivity index (χ3n) is 5.46. The molecular formula is C25H24N8O2. The van der Waals surface area contributed by atoms with E-state index >= 15 is 0 Å². The van der Waals surface area contributed by atoms with Crippen LogP contribution in [0.1, 0.15) is 35.6 Å². The van der Waals surface area contributed by atoms with Crippen LogP contribution in [0.3, 0.4) is 0 Å². The molecule has 4 aromatic heterocycles. The number of carbonyl (C=O) groups excluding carboxylic acids is 1. The van der Waals surface area contributed by atoms with Gasteiger partial charge in [0.15, 0.2) is 17.4 Å². The number of aryl methyl sites for hydroxylation is 2. The maximum absolute atomic E-state index is 12.4. The van der Waals surface area contributed by atoms with Crippen LogP contribution in [0.5, 0.6) is 5.88 Å². The van der Waals surface area contributed by atoms with E-state index in [1.54, 1.807) is 23.1 Å². The Morgan fingerprint density at radius 1 is 1.06 bits per heavy atom. The zero-order valence-corrected chi connectivity index (χ0v) is 19.9. The van der Waals surface area contributed by atoms with Gasteiger partial charge in [-0.15, -0.1) is 10.2 Å². The van der Waals surface area contributed by atoms with Gasteiger partial charge in [0.25, 0.3) is 0 Å². The van der Waals surface area contributed by atoms with Crippen molar-refractivity contribution in [2.24, 2.45) is 0 Å². The average molecular weight is 469 g/mol. The molecule has 4 heterocycles. The van der Waals surface area contributed by atoms with E-state index < -0.39 is 0 Å². The Morgan fingerprint density at radius 2 is 1.91 bits per heavy atom. The van der Waals surface area contributed by atoms with Crippen LogP contribution in [-0.4, -0.2) is 46.9 Å². The van der Waals surface area contributed by atoms with E-state index in [9.17, 15) is 4.79 Å². The van der Waals surface area contributed by atoms with Crippen molar-refractivity contribution in [1.82, 2.24) is 34.5 Å². The molecule has 0 bridgehead atoms. The van der Waals surface area contributed by atoms with Crippen LogP contribution in [0.25, 0.3) is 22.7 Å². The summed E-state index contributed by atoms with van der Waals surface area (Å²) in [5, 5.41) is 16.0. The van der Waals surface area contributed by atoms with Gasteiger partial charge in [0.1, 0.15) is 12.1 Å². The highest BCUT2D eigenvalue weighted by Crippen LogP contribution is 2.25. The molecular weight excluding hydrogens is 444 g/mol. The molecule has 0 aliphatic heterocycles. The monoisotopic (exact) mass is 468 g/mol. The summed E-state index contributed by atoms with van der Waals surface area (Å²) in [6, 6.07) is 15.0. The summed E-state index contributed by atoms with van der Waals surface area (Å²) in [6.07, 6.45) is 1.71. The van der Waals surface area contributed by atoms with Crippen LogP contribution in [0.4, 0.5) is 11.5 Å². The number of anilines is 2. The van der Waals surface area contributed by atoms with Gasteiger partial charge in [-0.3, -0.25) is 9.36 Å². The highest BCUT2D eigenvalue weighted by Gasteiger charge is 2.18. The maximum Gasteiger partial charge on any atom is 0.233 e. The number of hydrogen-bond donors (Lipinski definition) is 1. The normalized spacial score (nSPS) is 11.1. The molecule has 5 rings (SSSR count). The maximum atomic E-state index is 12.4. The lowest BCUT2D eigenvalue weighted by Crippen LogP contribution is -2.11. The lowest BCUT2D eigenvalue weighted by Gasteiger charge is -2.11. The first-order valence-electron chi connectivity index (χ1n) is 11.2. The molecule has 10 nitrogen and oxygen atoms in total. The number of pyridine rings is 1. The van der Waals surface area contributed by atoms with Crippen molar-refractivity contribution in [3.05, 3.63) is 71.8 Å². The number of ketones is 1. The first kappa shape index (κ1) is 22.2. The fourth-order valence-electron chi connectivity index (χ4n) is 3.77. The smallest absolute Gasteiger partial charge is 0.233 e. The number of benzene rings is 1. The molecule has 35 heavy (non-hydrogen) atoms. The Balaban J connectivity index is 1.53. The molecule has 5 aromatic rings. The molecule has 1 N–H and O–H groups in total. The Morgan fingerprint density at radius 3 is 2.66 bits per heavy atom. The topological polar surface area (TPSA) is 113 Å². The zero-order valence-electron chi connectivity index (χ0n) is 19.9. The average Bonchev–Trinajstić information content (AvgIpc) is 3.43. The molecule has 0 aliphatic carbocycles. The molecule has 0 amide bonds. The van der Waals surface area contributed by atoms with Gasteiger partial charge >= 0.3 is 0 Å². The number of fused-ring (bicyclic) bond motifs is 1. The fraction of sp³-hybridized carbons (Fsp3) is 0.200. The molecule has 0 atom stereocenters. The molecule has 0 saturated heterocycles. The second-order valence-electron chi connectivity index (χ2n) is 8.07. The molecule has 0 fully saturated rings. The van der Waals surface area contributed by atoms with Crippen molar-refractivity contribution in [3.63, 3.8) is 0 Å². The van der Waals surface area contributed by atoms with E-state index in [0.717, 1.165) is 28.1 Å². The van der Waals surface area contributed by atoms with Crippen LogP contribution in [0.2, 0.25) is 0 Å². The highest BCUT2D eigenvalue weighted by molar-refractivity contribution is 5.97. The minimum Gasteiger partial charge on any atom is -0.477 e. The number of rotatable bonds is 7. The number of hydrogen-bond acceptors (Lipinski definition) is 8. The SMILES string of the molecule is CCOc1cc(C)n(-c2nc(-n3cnc4cc(Nc5ccc(C)nn5)ccc43)ccc2C(C)=O)n1. The van der Waals surface area contributed by atoms with Gasteiger partial charge in [-0.2, -0.15) is 5.10 Å². The van der Waals surface area contributed by atoms with Crippen molar-refractivity contribution in [1.29, 1.82) is 0 Å². The predicted molar refractivity (Wildman–Crippen MR) is 132 cm³/mol. The third-order valence-corrected chi connectivity index (χ3v) is 5.46. The van der Waals surface area contributed by atoms with Crippen LogP contribution >= 0.6 is 0 Å². The van der Waals surface area contributed by atoms with Crippen molar-refractivity contribution in [3.8, 4) is 17.5 Å². The minimum absolute atomic E-state index is 0.0997. The van der Waals surface area contributed by atoms with E-state index in [1.807, 2.05) is 61.7 Å². The van der Waals surface area contributed by atoms with Gasteiger partial charge in [0, 0.05) is 17.4 Å². The van der Waals surface area contributed by atoms with E-state index in [2.05, 4.69) is 25.6 Å². The van der Waals surface area contributed by atoms with Crippen LogP contribution in [0.15, 0.2) is 54.9 Å². The molecule has 176 valence electrons. The summed E-state index contributed by atoms with van der Waals surface area (Å²) in [7, 11) is 0. The van der Waals surface area contributed by atoms with Crippen molar-refractivity contribution >= 4 is 28.3 Å². The summed E-state index contributed by atoms with van der Waals surface area (Å²) in [6.45, 7) is 7.70. The number of ether oxygens (including phenoxy) is 1. The summed E-state index contributed by atoms with van der Waals surface area (Å²) >= 11 is 0. The van der Waals surface area contributed by atoms with Crippen molar-refractivity contribution in [2.75, 3.05) is 11.9 Å². The number of aromatic nitrogens is 7. The van der Waals surface area contributed by atoms with E-state index in [0.29, 0.717) is 35.5 Å². The Bertz CT molecular complexity index is 1540. The fourth-order valence-corrected chi connectivity index (χ4v) is 3.77. The Kier molecular flexibility index (Phi) is 5.69. The second-order valence-corrected chi connectivity index (χ2v) is 8.07. The van der Waals surface area contributed by atoms with Crippen LogP contribution in [0, 0.1) is 13.8 Å². The Labute approximate surface area is 201 Å². The highest BCUT2D eigenvalue weighted by atomic mass is 16.5. The van der Waals surface area contributed by atoms with Crippen LogP contribution < -0.4 is 10.1 Å². The largest absolute Gasteiger partial charge is 0.477 e. The second kappa shape index (κ2) is 8.98. The quantitative estimate of drug-likeness (QED) is 0.351. The summed E-state index contributed by atoms with van der Waals surface area (Å²) < 4.78 is 9.04. The number of nitrogens with one attached hydrogen (secondary N) is 1. The summed E-state index contributed by atoms with van der Waals surface area (Å²) in [5.74, 6) is 2.10. The van der Waals surface area contributed by atoms with Gasteiger partial charge in [0.2, 0.25) is 5.88 Å². The summed E-state index contributed by atoms with van der Waals surface area (Å²) in [5.41, 5.74) is 4.63. The van der Waals surface area contributed by atoms with Gasteiger partial charge in [-0.05, 0) is 70.2 Å². The molecule has 0 unspecified atom stereocenters.